The second-order valence-electron chi connectivity index (χ2n) is 10.1. The van der Waals surface area contributed by atoms with E-state index in [0.717, 1.165) is 25.7 Å². The molecule has 2 fully saturated rings. The highest BCUT2D eigenvalue weighted by molar-refractivity contribution is 5.37. The zero-order chi connectivity index (χ0) is 23.2. The number of hydrogen-bond acceptors (Lipinski definition) is 8. The minimum atomic E-state index is -0.129. The fourth-order valence-corrected chi connectivity index (χ4v) is 5.01. The van der Waals surface area contributed by atoms with E-state index in [2.05, 4.69) is 71.5 Å². The maximum Gasteiger partial charge on any atom is 0.323 e. The Labute approximate surface area is 192 Å². The van der Waals surface area contributed by atoms with Crippen LogP contribution >= 0.6 is 0 Å². The van der Waals surface area contributed by atoms with Gasteiger partial charge in [0.25, 0.3) is 0 Å². The standard InChI is InChI=1S/C24H40N6O2/c1-7-14-25-20-27-21(29-22(28-20)31-15-8-2)26-18-16-23(3,4)30(24(5,6)17-18)32-19-12-10-9-11-13-19/h7-8,18-19H,1-2,9-17H2,3-6H3,(H2,25,26,27,28,29). The van der Waals surface area contributed by atoms with Gasteiger partial charge in [0, 0.05) is 23.7 Å². The fourth-order valence-electron chi connectivity index (χ4n) is 5.01. The van der Waals surface area contributed by atoms with Crippen LogP contribution in [0.2, 0.25) is 0 Å². The first-order valence-electron chi connectivity index (χ1n) is 11.8. The monoisotopic (exact) mass is 444 g/mol. The quantitative estimate of drug-likeness (QED) is 0.501. The number of rotatable bonds is 10. The molecule has 1 saturated heterocycles. The minimum Gasteiger partial charge on any atom is -0.459 e. The number of hydroxylamine groups is 2. The summed E-state index contributed by atoms with van der Waals surface area (Å²) in [5, 5.41) is 8.91. The van der Waals surface area contributed by atoms with E-state index < -0.39 is 0 Å². The second-order valence-corrected chi connectivity index (χ2v) is 10.1. The molecule has 32 heavy (non-hydrogen) atoms. The molecule has 3 rings (SSSR count). The van der Waals surface area contributed by atoms with Gasteiger partial charge in [-0.2, -0.15) is 20.0 Å². The molecule has 2 aliphatic rings. The van der Waals surface area contributed by atoms with Crippen LogP contribution in [0.1, 0.15) is 72.6 Å². The Morgan fingerprint density at radius 1 is 0.969 bits per heavy atom. The Balaban J connectivity index is 1.73. The van der Waals surface area contributed by atoms with E-state index in [1.807, 2.05) is 0 Å². The average molecular weight is 445 g/mol. The summed E-state index contributed by atoms with van der Waals surface area (Å²) >= 11 is 0. The third-order valence-electron chi connectivity index (χ3n) is 6.08. The van der Waals surface area contributed by atoms with Crippen LogP contribution in [0, 0.1) is 0 Å². The highest BCUT2D eigenvalue weighted by Gasteiger charge is 2.47. The average Bonchev–Trinajstić information content (AvgIpc) is 2.73. The fraction of sp³-hybridized carbons (Fsp3) is 0.708. The van der Waals surface area contributed by atoms with Gasteiger partial charge in [0.2, 0.25) is 11.9 Å². The van der Waals surface area contributed by atoms with E-state index >= 15 is 0 Å². The molecule has 0 spiro atoms. The number of piperidine rings is 1. The SMILES string of the molecule is C=CCNc1nc(NC2CC(C)(C)N(OC3CCCCC3)C(C)(C)C2)nc(OCC=C)n1. The van der Waals surface area contributed by atoms with E-state index in [1.54, 1.807) is 12.2 Å². The van der Waals surface area contributed by atoms with Crippen molar-refractivity contribution < 1.29 is 9.57 Å². The summed E-state index contributed by atoms with van der Waals surface area (Å²) in [5.41, 5.74) is -0.258. The van der Waals surface area contributed by atoms with Crippen LogP contribution in [-0.4, -0.2) is 56.4 Å². The van der Waals surface area contributed by atoms with Crippen molar-refractivity contribution in [2.24, 2.45) is 0 Å². The maximum atomic E-state index is 6.60. The molecule has 1 aromatic rings. The first kappa shape index (κ1) is 24.5. The van der Waals surface area contributed by atoms with Crippen molar-refractivity contribution in [3.8, 4) is 6.01 Å². The number of aromatic nitrogens is 3. The van der Waals surface area contributed by atoms with Gasteiger partial charge in [-0.15, -0.1) is 6.58 Å². The van der Waals surface area contributed by atoms with Crippen molar-refractivity contribution in [3.05, 3.63) is 25.3 Å². The van der Waals surface area contributed by atoms with Gasteiger partial charge >= 0.3 is 6.01 Å². The lowest BCUT2D eigenvalue weighted by Crippen LogP contribution is -2.63. The zero-order valence-corrected chi connectivity index (χ0v) is 20.2. The first-order chi connectivity index (χ1) is 15.2. The summed E-state index contributed by atoms with van der Waals surface area (Å²) in [7, 11) is 0. The lowest BCUT2D eigenvalue weighted by Gasteiger charge is -2.55. The van der Waals surface area contributed by atoms with Crippen molar-refractivity contribution >= 4 is 11.9 Å². The lowest BCUT2D eigenvalue weighted by atomic mass is 9.79. The van der Waals surface area contributed by atoms with E-state index in [-0.39, 0.29) is 23.1 Å². The van der Waals surface area contributed by atoms with E-state index in [4.69, 9.17) is 9.57 Å². The van der Waals surface area contributed by atoms with Gasteiger partial charge in [-0.25, -0.2) is 0 Å². The molecule has 0 atom stereocenters. The van der Waals surface area contributed by atoms with E-state index in [1.165, 1.54) is 19.3 Å². The Bertz CT molecular complexity index is 728. The van der Waals surface area contributed by atoms with Crippen molar-refractivity contribution in [2.75, 3.05) is 23.8 Å². The summed E-state index contributed by atoms with van der Waals surface area (Å²) in [4.78, 5) is 19.9. The Morgan fingerprint density at radius 3 is 2.25 bits per heavy atom. The highest BCUT2D eigenvalue weighted by atomic mass is 16.7. The molecule has 2 N–H and O–H groups in total. The van der Waals surface area contributed by atoms with Gasteiger partial charge in [0.05, 0.1) is 6.10 Å². The van der Waals surface area contributed by atoms with Crippen molar-refractivity contribution in [1.82, 2.24) is 20.0 Å². The van der Waals surface area contributed by atoms with Crippen molar-refractivity contribution in [2.45, 2.75) is 95.9 Å². The van der Waals surface area contributed by atoms with Gasteiger partial charge in [-0.3, -0.25) is 4.84 Å². The molecule has 1 aliphatic heterocycles. The molecule has 0 amide bonds. The Morgan fingerprint density at radius 2 is 1.62 bits per heavy atom. The molecule has 0 bridgehead atoms. The van der Waals surface area contributed by atoms with E-state index in [9.17, 15) is 0 Å². The summed E-state index contributed by atoms with van der Waals surface area (Å²) in [6, 6.07) is 0.457. The van der Waals surface area contributed by atoms with Gasteiger partial charge < -0.3 is 15.4 Å². The normalized spacial score (nSPS) is 21.6. The predicted molar refractivity (Wildman–Crippen MR) is 129 cm³/mol. The number of nitrogens with zero attached hydrogens (tertiary/aromatic N) is 4. The van der Waals surface area contributed by atoms with Gasteiger partial charge in [0.1, 0.15) is 6.61 Å². The summed E-state index contributed by atoms with van der Waals surface area (Å²) in [6.45, 7) is 17.3. The molecule has 8 heteroatoms. The molecule has 2 heterocycles. The van der Waals surface area contributed by atoms with Crippen LogP contribution in [0.15, 0.2) is 25.3 Å². The van der Waals surface area contributed by atoms with Gasteiger partial charge in [-0.1, -0.05) is 38.0 Å². The molecule has 0 radical (unpaired) electrons. The number of anilines is 2. The highest BCUT2D eigenvalue weighted by Crippen LogP contribution is 2.41. The summed E-state index contributed by atoms with van der Waals surface area (Å²) in [6.07, 6.45) is 11.7. The van der Waals surface area contributed by atoms with Crippen molar-refractivity contribution in [3.63, 3.8) is 0 Å². The van der Waals surface area contributed by atoms with Gasteiger partial charge in [0.15, 0.2) is 0 Å². The Hall–Kier alpha value is -2.19. The molecular formula is C24H40N6O2. The first-order valence-corrected chi connectivity index (χ1v) is 11.8. The topological polar surface area (TPSA) is 84.4 Å². The Kier molecular flexibility index (Phi) is 8.11. The van der Waals surface area contributed by atoms with Crippen LogP contribution in [0.3, 0.4) is 0 Å². The number of hydrogen-bond donors (Lipinski definition) is 2. The minimum absolute atomic E-state index is 0.129. The number of ether oxygens (including phenoxy) is 1. The molecule has 8 nitrogen and oxygen atoms in total. The molecule has 1 aromatic heterocycles. The van der Waals surface area contributed by atoms with E-state index in [0.29, 0.717) is 31.2 Å². The second kappa shape index (κ2) is 10.6. The lowest BCUT2D eigenvalue weighted by molar-refractivity contribution is -0.309. The zero-order valence-electron chi connectivity index (χ0n) is 20.2. The third kappa shape index (κ3) is 6.42. The van der Waals surface area contributed by atoms with Crippen LogP contribution < -0.4 is 15.4 Å². The molecular weight excluding hydrogens is 404 g/mol. The summed E-state index contributed by atoms with van der Waals surface area (Å²) < 4.78 is 5.57. The van der Waals surface area contributed by atoms with Crippen LogP contribution in [-0.2, 0) is 4.84 Å². The van der Waals surface area contributed by atoms with Crippen LogP contribution in [0.4, 0.5) is 11.9 Å². The largest absolute Gasteiger partial charge is 0.459 e. The molecule has 1 aliphatic carbocycles. The maximum absolute atomic E-state index is 6.60. The molecule has 0 unspecified atom stereocenters. The number of nitrogens with one attached hydrogen (secondary N) is 2. The summed E-state index contributed by atoms with van der Waals surface area (Å²) in [5.74, 6) is 0.960. The van der Waals surface area contributed by atoms with Crippen LogP contribution in [0.5, 0.6) is 6.01 Å². The smallest absolute Gasteiger partial charge is 0.323 e. The van der Waals surface area contributed by atoms with Gasteiger partial charge in [-0.05, 0) is 53.4 Å². The van der Waals surface area contributed by atoms with Crippen LogP contribution in [0.25, 0.3) is 0 Å². The third-order valence-corrected chi connectivity index (χ3v) is 6.08. The van der Waals surface area contributed by atoms with Crippen molar-refractivity contribution in [1.29, 1.82) is 0 Å². The molecule has 1 saturated carbocycles. The molecule has 0 aromatic carbocycles. The molecule has 178 valence electrons. The predicted octanol–water partition coefficient (Wildman–Crippen LogP) is 4.73.